The molecule has 1 aromatic rings. The zero-order chi connectivity index (χ0) is 13.2. The average molecular weight is 265 g/mol. The molecule has 1 aromatic heterocycles. The van der Waals surface area contributed by atoms with Crippen molar-refractivity contribution in [3.05, 3.63) is 36.0 Å². The van der Waals surface area contributed by atoms with Gasteiger partial charge < -0.3 is 4.74 Å². The number of thiol groups is 1. The topological polar surface area (TPSA) is 22.1 Å². The highest BCUT2D eigenvalue weighted by Gasteiger charge is 1.99. The minimum atomic E-state index is 0.525. The Bertz CT molecular complexity index is 363. The summed E-state index contributed by atoms with van der Waals surface area (Å²) < 4.78 is 5.61. The maximum atomic E-state index is 5.61. The van der Waals surface area contributed by atoms with E-state index in [1.807, 2.05) is 18.2 Å². The van der Waals surface area contributed by atoms with Crippen molar-refractivity contribution in [3.8, 4) is 5.88 Å². The van der Waals surface area contributed by atoms with E-state index in [4.69, 9.17) is 4.74 Å². The van der Waals surface area contributed by atoms with Crippen LogP contribution < -0.4 is 4.74 Å². The lowest BCUT2D eigenvalue weighted by atomic mass is 10.2. The molecule has 0 bridgehead atoms. The monoisotopic (exact) mass is 265 g/mol. The van der Waals surface area contributed by atoms with Crippen molar-refractivity contribution in [2.24, 2.45) is 5.92 Å². The standard InChI is InChI=1S/C15H23NOS/c1-13(2)12-17-15-10-7-9-14(16-15)8-5-3-4-6-11-18/h3,5,7,9-10,13,18H,4,6,8,11-12H2,1-2H3/b5-3+. The normalized spacial score (nSPS) is 11.3. The number of nitrogens with zero attached hydrogens (tertiary/aromatic N) is 1. The van der Waals surface area contributed by atoms with Gasteiger partial charge >= 0.3 is 0 Å². The van der Waals surface area contributed by atoms with Crippen LogP contribution in [0, 0.1) is 5.92 Å². The molecule has 0 amide bonds. The van der Waals surface area contributed by atoms with E-state index in [0.717, 1.165) is 36.6 Å². The van der Waals surface area contributed by atoms with E-state index in [0.29, 0.717) is 12.5 Å². The fourth-order valence-corrected chi connectivity index (χ4v) is 1.62. The van der Waals surface area contributed by atoms with Crippen molar-refractivity contribution >= 4 is 12.6 Å². The summed E-state index contributed by atoms with van der Waals surface area (Å²) >= 11 is 4.18. The molecule has 0 fully saturated rings. The Hall–Kier alpha value is -0.960. The Morgan fingerprint density at radius 1 is 1.33 bits per heavy atom. The lowest BCUT2D eigenvalue weighted by molar-refractivity contribution is 0.261. The first kappa shape index (κ1) is 15.1. The summed E-state index contributed by atoms with van der Waals surface area (Å²) in [5, 5.41) is 0. The number of rotatable bonds is 8. The molecule has 0 radical (unpaired) electrons. The third-order valence-corrected chi connectivity index (χ3v) is 2.68. The molecule has 0 atom stereocenters. The third kappa shape index (κ3) is 6.70. The van der Waals surface area contributed by atoms with E-state index in [1.165, 1.54) is 0 Å². The number of unbranched alkanes of at least 4 members (excludes halogenated alkanes) is 1. The molecule has 18 heavy (non-hydrogen) atoms. The average Bonchev–Trinajstić information content (AvgIpc) is 2.37. The van der Waals surface area contributed by atoms with Crippen LogP contribution in [0.4, 0.5) is 0 Å². The molecule has 2 nitrogen and oxygen atoms in total. The van der Waals surface area contributed by atoms with E-state index in [9.17, 15) is 0 Å². The van der Waals surface area contributed by atoms with E-state index >= 15 is 0 Å². The third-order valence-electron chi connectivity index (χ3n) is 2.37. The first-order valence-electron chi connectivity index (χ1n) is 6.57. The van der Waals surface area contributed by atoms with Crippen LogP contribution in [0.25, 0.3) is 0 Å². The maximum Gasteiger partial charge on any atom is 0.213 e. The highest BCUT2D eigenvalue weighted by atomic mass is 32.1. The van der Waals surface area contributed by atoms with Crippen LogP contribution in [0.3, 0.4) is 0 Å². The molecule has 0 aliphatic rings. The number of hydrogen-bond acceptors (Lipinski definition) is 3. The molecule has 0 saturated carbocycles. The predicted octanol–water partition coefficient (Wildman–Crippen LogP) is 3.93. The lowest BCUT2D eigenvalue weighted by Gasteiger charge is -2.08. The summed E-state index contributed by atoms with van der Waals surface area (Å²) in [6.07, 6.45) is 7.45. The van der Waals surface area contributed by atoms with Crippen molar-refractivity contribution in [3.63, 3.8) is 0 Å². The van der Waals surface area contributed by atoms with Crippen LogP contribution in [0.2, 0.25) is 0 Å². The molecule has 0 N–H and O–H groups in total. The summed E-state index contributed by atoms with van der Waals surface area (Å²) in [5.74, 6) is 2.20. The Morgan fingerprint density at radius 3 is 2.89 bits per heavy atom. The first-order valence-corrected chi connectivity index (χ1v) is 7.20. The predicted molar refractivity (Wildman–Crippen MR) is 80.5 cm³/mol. The van der Waals surface area contributed by atoms with Gasteiger partial charge in [0, 0.05) is 18.2 Å². The van der Waals surface area contributed by atoms with Gasteiger partial charge in [-0.15, -0.1) is 0 Å². The van der Waals surface area contributed by atoms with Gasteiger partial charge in [0.2, 0.25) is 5.88 Å². The van der Waals surface area contributed by atoms with Crippen molar-refractivity contribution in [1.82, 2.24) is 4.98 Å². The van der Waals surface area contributed by atoms with Gasteiger partial charge in [-0.25, -0.2) is 4.98 Å². The molecule has 0 spiro atoms. The van der Waals surface area contributed by atoms with Gasteiger partial charge in [0.15, 0.2) is 0 Å². The van der Waals surface area contributed by atoms with E-state index in [2.05, 4.69) is 43.6 Å². The molecule has 0 saturated heterocycles. The van der Waals surface area contributed by atoms with Gasteiger partial charge in [-0.3, -0.25) is 0 Å². The number of pyridine rings is 1. The van der Waals surface area contributed by atoms with Crippen LogP contribution >= 0.6 is 12.6 Å². The molecule has 0 aliphatic carbocycles. The second-order valence-electron chi connectivity index (χ2n) is 4.71. The molecule has 0 aromatic carbocycles. The van der Waals surface area contributed by atoms with Gasteiger partial charge in [-0.2, -0.15) is 12.6 Å². The minimum Gasteiger partial charge on any atom is -0.477 e. The molecule has 1 rings (SSSR count). The Kier molecular flexibility index (Phi) is 7.58. The number of allylic oxidation sites excluding steroid dienone is 2. The smallest absolute Gasteiger partial charge is 0.213 e. The van der Waals surface area contributed by atoms with Gasteiger partial charge in [0.1, 0.15) is 0 Å². The zero-order valence-corrected chi connectivity index (χ0v) is 12.2. The van der Waals surface area contributed by atoms with E-state index < -0.39 is 0 Å². The van der Waals surface area contributed by atoms with Crippen LogP contribution in [-0.4, -0.2) is 17.3 Å². The van der Waals surface area contributed by atoms with E-state index in [1.54, 1.807) is 0 Å². The Morgan fingerprint density at radius 2 is 2.17 bits per heavy atom. The van der Waals surface area contributed by atoms with Crippen molar-refractivity contribution in [1.29, 1.82) is 0 Å². The van der Waals surface area contributed by atoms with Gasteiger partial charge in [0.05, 0.1) is 6.61 Å². The number of hydrogen-bond donors (Lipinski definition) is 1. The van der Waals surface area contributed by atoms with E-state index in [-0.39, 0.29) is 0 Å². The number of ether oxygens (including phenoxy) is 1. The fourth-order valence-electron chi connectivity index (χ4n) is 1.43. The van der Waals surface area contributed by atoms with Gasteiger partial charge in [-0.05, 0) is 30.6 Å². The molecule has 3 heteroatoms. The maximum absolute atomic E-state index is 5.61. The summed E-state index contributed by atoms with van der Waals surface area (Å²) in [5.41, 5.74) is 1.05. The summed E-state index contributed by atoms with van der Waals surface area (Å²) in [7, 11) is 0. The summed E-state index contributed by atoms with van der Waals surface area (Å²) in [6, 6.07) is 5.95. The van der Waals surface area contributed by atoms with Crippen LogP contribution in [0.1, 0.15) is 32.4 Å². The van der Waals surface area contributed by atoms with Crippen molar-refractivity contribution in [2.75, 3.05) is 12.4 Å². The largest absolute Gasteiger partial charge is 0.477 e. The number of aromatic nitrogens is 1. The van der Waals surface area contributed by atoms with Gasteiger partial charge in [0.25, 0.3) is 0 Å². The zero-order valence-electron chi connectivity index (χ0n) is 11.3. The molecule has 1 heterocycles. The van der Waals surface area contributed by atoms with Crippen LogP contribution in [0.15, 0.2) is 30.4 Å². The molecular formula is C15H23NOS. The fraction of sp³-hybridized carbons (Fsp3) is 0.533. The van der Waals surface area contributed by atoms with Crippen LogP contribution in [-0.2, 0) is 6.42 Å². The molecule has 100 valence electrons. The summed E-state index contributed by atoms with van der Waals surface area (Å²) in [4.78, 5) is 4.47. The molecule has 0 aliphatic heterocycles. The molecule has 0 unspecified atom stereocenters. The quantitative estimate of drug-likeness (QED) is 0.437. The molecular weight excluding hydrogens is 242 g/mol. The van der Waals surface area contributed by atoms with Crippen molar-refractivity contribution < 1.29 is 4.74 Å². The van der Waals surface area contributed by atoms with Gasteiger partial charge in [-0.1, -0.05) is 32.1 Å². The SMILES string of the molecule is CC(C)COc1cccc(C/C=C/CCCS)n1. The first-order chi connectivity index (χ1) is 8.72. The summed E-state index contributed by atoms with van der Waals surface area (Å²) in [6.45, 7) is 4.98. The lowest BCUT2D eigenvalue weighted by Crippen LogP contribution is -2.06. The second-order valence-corrected chi connectivity index (χ2v) is 5.16. The highest BCUT2D eigenvalue weighted by molar-refractivity contribution is 7.80. The van der Waals surface area contributed by atoms with Crippen LogP contribution in [0.5, 0.6) is 5.88 Å². The second kappa shape index (κ2) is 9.03. The Balaban J connectivity index is 2.41. The highest BCUT2D eigenvalue weighted by Crippen LogP contribution is 2.10. The van der Waals surface area contributed by atoms with Crippen molar-refractivity contribution in [2.45, 2.75) is 33.1 Å². The minimum absolute atomic E-state index is 0.525. The Labute approximate surface area is 116 Å².